The van der Waals surface area contributed by atoms with Crippen LogP contribution in [0.15, 0.2) is 48.5 Å². The van der Waals surface area contributed by atoms with Crippen molar-refractivity contribution in [3.8, 4) is 0 Å². The summed E-state index contributed by atoms with van der Waals surface area (Å²) < 4.78 is 11.6. The van der Waals surface area contributed by atoms with Crippen molar-refractivity contribution in [3.63, 3.8) is 0 Å². The summed E-state index contributed by atoms with van der Waals surface area (Å²) >= 11 is 11.8. The van der Waals surface area contributed by atoms with Gasteiger partial charge < -0.3 is 9.47 Å². The van der Waals surface area contributed by atoms with E-state index in [2.05, 4.69) is 0 Å². The zero-order valence-electron chi connectivity index (χ0n) is 13.0. The minimum absolute atomic E-state index is 0.278. The average molecular weight is 353 g/mol. The molecule has 0 amide bonds. The number of benzene rings is 2. The fourth-order valence-electron chi connectivity index (χ4n) is 2.34. The van der Waals surface area contributed by atoms with Crippen molar-refractivity contribution in [2.24, 2.45) is 0 Å². The minimum Gasteiger partial charge on any atom is -0.340 e. The van der Waals surface area contributed by atoms with Crippen molar-refractivity contribution < 1.29 is 14.3 Å². The van der Waals surface area contributed by atoms with E-state index in [-0.39, 0.29) is 5.78 Å². The summed E-state index contributed by atoms with van der Waals surface area (Å²) in [6.45, 7) is 4.28. The number of ketones is 1. The molecule has 0 aliphatic heterocycles. The van der Waals surface area contributed by atoms with E-state index in [9.17, 15) is 4.79 Å². The third-order valence-electron chi connectivity index (χ3n) is 3.32. The molecule has 0 aromatic heterocycles. The Bertz CT molecular complexity index is 645. The molecule has 0 unspecified atom stereocenters. The second-order valence-corrected chi connectivity index (χ2v) is 5.70. The maximum Gasteiger partial charge on any atom is 0.261 e. The average Bonchev–Trinajstić information content (AvgIpc) is 2.55. The smallest absolute Gasteiger partial charge is 0.261 e. The molecule has 0 spiro atoms. The number of hydrogen-bond acceptors (Lipinski definition) is 3. The molecule has 0 N–H and O–H groups in total. The molecule has 122 valence electrons. The van der Waals surface area contributed by atoms with Crippen LogP contribution in [0.3, 0.4) is 0 Å². The fourth-order valence-corrected chi connectivity index (χ4v) is 2.59. The monoisotopic (exact) mass is 352 g/mol. The Morgan fingerprint density at radius 2 is 1.30 bits per heavy atom. The van der Waals surface area contributed by atoms with Crippen LogP contribution in [0, 0.1) is 0 Å². The van der Waals surface area contributed by atoms with Crippen molar-refractivity contribution in [3.05, 3.63) is 69.7 Å². The maximum atomic E-state index is 13.1. The number of Topliss-reactive ketones (excluding diaryl/α,β-unsaturated/α-hetero) is 1. The lowest BCUT2D eigenvalue weighted by Crippen LogP contribution is -2.42. The van der Waals surface area contributed by atoms with Crippen LogP contribution in [0.25, 0.3) is 0 Å². The third-order valence-corrected chi connectivity index (χ3v) is 3.83. The molecular formula is C18H18Cl2O3. The molecular weight excluding hydrogens is 335 g/mol. The van der Waals surface area contributed by atoms with Gasteiger partial charge in [-0.15, -0.1) is 0 Å². The first-order valence-electron chi connectivity index (χ1n) is 7.37. The van der Waals surface area contributed by atoms with E-state index in [1.165, 1.54) is 0 Å². The highest BCUT2D eigenvalue weighted by molar-refractivity contribution is 6.31. The number of rotatable bonds is 7. The molecule has 23 heavy (non-hydrogen) atoms. The molecule has 0 saturated carbocycles. The molecule has 0 aliphatic rings. The van der Waals surface area contributed by atoms with Gasteiger partial charge in [-0.1, -0.05) is 35.3 Å². The van der Waals surface area contributed by atoms with Gasteiger partial charge in [0, 0.05) is 34.4 Å². The van der Waals surface area contributed by atoms with Gasteiger partial charge in [-0.05, 0) is 50.2 Å². The summed E-state index contributed by atoms with van der Waals surface area (Å²) in [5.74, 6) is -1.78. The first kappa shape index (κ1) is 18.0. The van der Waals surface area contributed by atoms with Gasteiger partial charge in [0.2, 0.25) is 5.78 Å². The minimum atomic E-state index is -1.50. The first-order chi connectivity index (χ1) is 11.0. The largest absolute Gasteiger partial charge is 0.340 e. The molecule has 3 nitrogen and oxygen atoms in total. The summed E-state index contributed by atoms with van der Waals surface area (Å²) in [7, 11) is 0. The van der Waals surface area contributed by atoms with Gasteiger partial charge in [0.05, 0.1) is 0 Å². The van der Waals surface area contributed by atoms with E-state index in [1.54, 1.807) is 48.5 Å². The lowest BCUT2D eigenvalue weighted by molar-refractivity contribution is -0.204. The van der Waals surface area contributed by atoms with Gasteiger partial charge in [-0.25, -0.2) is 0 Å². The van der Waals surface area contributed by atoms with Crippen LogP contribution < -0.4 is 0 Å². The topological polar surface area (TPSA) is 35.5 Å². The van der Waals surface area contributed by atoms with Crippen LogP contribution in [0.5, 0.6) is 0 Å². The molecule has 0 saturated heterocycles. The molecule has 0 radical (unpaired) electrons. The van der Waals surface area contributed by atoms with Crippen LogP contribution in [-0.4, -0.2) is 19.0 Å². The maximum absolute atomic E-state index is 13.1. The Hall–Kier alpha value is -1.39. The first-order valence-corrected chi connectivity index (χ1v) is 8.13. The van der Waals surface area contributed by atoms with E-state index in [1.807, 2.05) is 13.8 Å². The zero-order chi connectivity index (χ0) is 16.9. The van der Waals surface area contributed by atoms with Crippen molar-refractivity contribution in [1.29, 1.82) is 0 Å². The molecule has 5 heteroatoms. The van der Waals surface area contributed by atoms with Gasteiger partial charge in [-0.2, -0.15) is 0 Å². The van der Waals surface area contributed by atoms with E-state index in [4.69, 9.17) is 32.7 Å². The Kier molecular flexibility index (Phi) is 6.19. The van der Waals surface area contributed by atoms with Gasteiger partial charge in [-0.3, -0.25) is 4.79 Å². The van der Waals surface area contributed by atoms with Crippen LogP contribution in [-0.2, 0) is 15.3 Å². The number of ether oxygens (including phenoxy) is 2. The van der Waals surface area contributed by atoms with Crippen molar-refractivity contribution in [2.75, 3.05) is 13.2 Å². The summed E-state index contributed by atoms with van der Waals surface area (Å²) in [5.41, 5.74) is 1.07. The van der Waals surface area contributed by atoms with Crippen LogP contribution in [0.1, 0.15) is 29.8 Å². The summed E-state index contributed by atoms with van der Waals surface area (Å²) in [6, 6.07) is 13.5. The Morgan fingerprint density at radius 1 is 0.870 bits per heavy atom. The standard InChI is InChI=1S/C18H18Cl2O3/c1-3-22-18(23-4-2,14-7-11-16(20)12-8-14)17(21)13-5-9-15(19)10-6-13/h5-12H,3-4H2,1-2H3. The second-order valence-electron chi connectivity index (χ2n) is 4.83. The lowest BCUT2D eigenvalue weighted by atomic mass is 9.95. The predicted molar refractivity (Wildman–Crippen MR) is 92.2 cm³/mol. The molecule has 0 bridgehead atoms. The predicted octanol–water partition coefficient (Wildman–Crippen LogP) is 5.10. The van der Waals surface area contributed by atoms with E-state index in [0.717, 1.165) is 0 Å². The zero-order valence-corrected chi connectivity index (χ0v) is 14.5. The van der Waals surface area contributed by atoms with Crippen molar-refractivity contribution >= 4 is 29.0 Å². The lowest BCUT2D eigenvalue weighted by Gasteiger charge is -2.32. The SMILES string of the molecule is CCOC(OCC)(C(=O)c1ccc(Cl)cc1)c1ccc(Cl)cc1. The van der Waals surface area contributed by atoms with Gasteiger partial charge in [0.15, 0.2) is 0 Å². The highest BCUT2D eigenvalue weighted by Crippen LogP contribution is 2.33. The Labute approximate surface area is 146 Å². The van der Waals surface area contributed by atoms with Crippen LogP contribution in [0.4, 0.5) is 0 Å². The molecule has 2 aromatic rings. The number of hydrogen-bond donors (Lipinski definition) is 0. The normalized spacial score (nSPS) is 11.5. The molecule has 2 aromatic carbocycles. The second kappa shape index (κ2) is 7.93. The number of carbonyl (C=O) groups is 1. The summed E-state index contributed by atoms with van der Waals surface area (Å²) in [6.07, 6.45) is 0. The quantitative estimate of drug-likeness (QED) is 0.513. The Morgan fingerprint density at radius 3 is 1.74 bits per heavy atom. The number of halogens is 2. The molecule has 0 aliphatic carbocycles. The fraction of sp³-hybridized carbons (Fsp3) is 0.278. The number of carbonyl (C=O) groups excluding carboxylic acids is 1. The highest BCUT2D eigenvalue weighted by Gasteiger charge is 2.42. The van der Waals surface area contributed by atoms with Crippen LogP contribution >= 0.6 is 23.2 Å². The molecule has 2 rings (SSSR count). The van der Waals surface area contributed by atoms with Crippen molar-refractivity contribution in [1.82, 2.24) is 0 Å². The Balaban J connectivity index is 2.53. The van der Waals surface area contributed by atoms with E-state index in [0.29, 0.717) is 34.4 Å². The van der Waals surface area contributed by atoms with Crippen LogP contribution in [0.2, 0.25) is 10.0 Å². The van der Waals surface area contributed by atoms with Gasteiger partial charge >= 0.3 is 0 Å². The van der Waals surface area contributed by atoms with Gasteiger partial charge in [0.1, 0.15) is 0 Å². The third kappa shape index (κ3) is 3.93. The molecule has 0 heterocycles. The molecule has 0 atom stereocenters. The summed E-state index contributed by atoms with van der Waals surface area (Å²) in [4.78, 5) is 13.1. The van der Waals surface area contributed by atoms with E-state index < -0.39 is 5.79 Å². The summed E-state index contributed by atoms with van der Waals surface area (Å²) in [5, 5.41) is 1.14. The van der Waals surface area contributed by atoms with Crippen molar-refractivity contribution in [2.45, 2.75) is 19.6 Å². The highest BCUT2D eigenvalue weighted by atomic mass is 35.5. The van der Waals surface area contributed by atoms with E-state index >= 15 is 0 Å². The molecule has 0 fully saturated rings. The van der Waals surface area contributed by atoms with Gasteiger partial charge in [0.25, 0.3) is 5.79 Å².